The number of nitrogens with zero attached hydrogens (tertiary/aromatic N) is 4. The van der Waals surface area contributed by atoms with Crippen LogP contribution in [-0.4, -0.2) is 16.6 Å². The molecule has 2 aliphatic rings. The maximum atomic E-state index is 5.79. The van der Waals surface area contributed by atoms with E-state index in [-0.39, 0.29) is 26.5 Å². The fourth-order valence-corrected chi connectivity index (χ4v) is 8.55. The number of rotatable bonds is 4. The Balaban J connectivity index is 0.00000372. The molecule has 3 heterocycles. The van der Waals surface area contributed by atoms with Crippen molar-refractivity contribution in [2.45, 2.75) is 31.6 Å². The molecule has 0 bridgehead atoms. The van der Waals surface area contributed by atoms with Gasteiger partial charge >= 0.3 is 0 Å². The van der Waals surface area contributed by atoms with Gasteiger partial charge in [-0.15, -0.1) is 16.6 Å². The number of anilines is 3. The number of hydrogen-bond acceptors (Lipinski definition) is 3. The number of fused-ring (bicyclic) bond motifs is 7. The monoisotopic (exact) mass is 864 g/mol. The predicted molar refractivity (Wildman–Crippen MR) is 214 cm³/mol. The normalized spacial score (nSPS) is 14.3. The molecular weight excluding hydrogens is 828 g/mol. The number of hydrogen-bond donors (Lipinski definition) is 0. The van der Waals surface area contributed by atoms with Crippen LogP contribution < -0.4 is 9.80 Å². The molecule has 53 heavy (non-hydrogen) atoms. The minimum absolute atomic E-state index is 0. The summed E-state index contributed by atoms with van der Waals surface area (Å²) in [6, 6.07) is 59.9. The van der Waals surface area contributed by atoms with E-state index < -0.39 is 5.41 Å². The van der Waals surface area contributed by atoms with Crippen LogP contribution in [0.25, 0.3) is 38.8 Å². The third-order valence-corrected chi connectivity index (χ3v) is 11.0. The minimum Gasteiger partial charge on any atom is -0.504 e. The van der Waals surface area contributed by atoms with Gasteiger partial charge in [-0.05, 0) is 76.0 Å². The number of benzene rings is 6. The van der Waals surface area contributed by atoms with Crippen molar-refractivity contribution in [1.82, 2.24) is 9.55 Å². The van der Waals surface area contributed by atoms with E-state index in [2.05, 4.69) is 201 Å². The van der Waals surface area contributed by atoms with Gasteiger partial charge in [0, 0.05) is 38.0 Å². The van der Waals surface area contributed by atoms with Gasteiger partial charge in [-0.2, -0.15) is 55.2 Å². The van der Waals surface area contributed by atoms with E-state index in [1.54, 1.807) is 0 Å². The second-order valence-corrected chi connectivity index (χ2v) is 15.0. The zero-order valence-electron chi connectivity index (χ0n) is 30.0. The number of para-hydroxylation sites is 4. The van der Waals surface area contributed by atoms with E-state index >= 15 is 0 Å². The first-order valence-electron chi connectivity index (χ1n) is 18.0. The summed E-state index contributed by atoms with van der Waals surface area (Å²) in [5, 5.41) is 2.36. The van der Waals surface area contributed by atoms with E-state index in [1.165, 1.54) is 44.3 Å². The summed E-state index contributed by atoms with van der Waals surface area (Å²) >= 11 is 0. The van der Waals surface area contributed by atoms with Gasteiger partial charge in [-0.25, -0.2) is 4.98 Å². The molecule has 4 nitrogen and oxygen atoms in total. The Morgan fingerprint density at radius 3 is 2.09 bits per heavy atom. The van der Waals surface area contributed by atoms with Gasteiger partial charge in [0.15, 0.2) is 0 Å². The molecule has 0 unspecified atom stereocenters. The van der Waals surface area contributed by atoms with E-state index in [0.717, 1.165) is 39.5 Å². The summed E-state index contributed by atoms with van der Waals surface area (Å²) in [6.07, 6.45) is 0. The Bertz CT molecular complexity index is 2600. The molecular formula is C48H37N4Pt-3. The van der Waals surface area contributed by atoms with Crippen molar-refractivity contribution in [2.75, 3.05) is 16.8 Å². The van der Waals surface area contributed by atoms with Crippen LogP contribution in [0.2, 0.25) is 0 Å². The molecule has 2 aromatic heterocycles. The Morgan fingerprint density at radius 1 is 0.679 bits per heavy atom. The Kier molecular flexibility index (Phi) is 7.76. The topological polar surface area (TPSA) is 24.3 Å². The van der Waals surface area contributed by atoms with Crippen LogP contribution in [0.3, 0.4) is 0 Å². The van der Waals surface area contributed by atoms with Gasteiger partial charge < -0.3 is 14.4 Å². The SMILES string of the molecule is CN1[CH-]N(c2[c-]c(C3(c4cc(C(C)(C)C)cc(-n5c6[c-]cccc6c6ccccc65)n4)c4ccccc4-c4ccccc43)ccc2)c2ccccc21.[Pt]. The number of aromatic nitrogens is 2. The summed E-state index contributed by atoms with van der Waals surface area (Å²) in [5.41, 5.74) is 12.7. The molecule has 1 aliphatic carbocycles. The molecule has 0 saturated carbocycles. The van der Waals surface area contributed by atoms with Crippen molar-refractivity contribution < 1.29 is 21.1 Å². The van der Waals surface area contributed by atoms with Gasteiger partial charge in [0.1, 0.15) is 5.82 Å². The first-order chi connectivity index (χ1) is 25.3. The standard InChI is InChI=1S/C48H37N4.Pt/c1-47(2,3)33-29-45(49-46(30-33)52-41-24-11-7-20-37(41)38-21-8-12-25-42(38)52)48(39-22-9-5-18-35(39)36-19-6-10-23-40(36)48)32-16-15-17-34(28-32)51-31-50(4)43-26-13-14-27-44(43)51;/h5-24,26-27,29-31H,1-4H3;/q-3;. The molecule has 10 rings (SSSR count). The molecule has 0 saturated heterocycles. The molecule has 0 atom stereocenters. The second kappa shape index (κ2) is 12.3. The number of pyridine rings is 1. The molecule has 0 N–H and O–H groups in total. The van der Waals surface area contributed by atoms with Gasteiger partial charge in [-0.3, -0.25) is 0 Å². The predicted octanol–water partition coefficient (Wildman–Crippen LogP) is 11.1. The third-order valence-electron chi connectivity index (χ3n) is 11.0. The summed E-state index contributed by atoms with van der Waals surface area (Å²) in [7, 11) is 2.10. The fraction of sp³-hybridized carbons (Fsp3) is 0.125. The summed E-state index contributed by atoms with van der Waals surface area (Å²) in [4.78, 5) is 10.2. The average Bonchev–Trinajstić information content (AvgIpc) is 3.81. The van der Waals surface area contributed by atoms with E-state index in [1.807, 2.05) is 6.07 Å². The molecule has 1 aliphatic heterocycles. The van der Waals surface area contributed by atoms with Crippen LogP contribution in [-0.2, 0) is 31.9 Å². The van der Waals surface area contributed by atoms with Crippen LogP contribution in [0.1, 0.15) is 48.7 Å². The maximum Gasteiger partial charge on any atom is 0.136 e. The molecule has 6 aromatic carbocycles. The molecule has 0 amide bonds. The molecule has 0 spiro atoms. The van der Waals surface area contributed by atoms with E-state index in [4.69, 9.17) is 4.98 Å². The smallest absolute Gasteiger partial charge is 0.136 e. The van der Waals surface area contributed by atoms with Crippen LogP contribution in [0.15, 0.2) is 146 Å². The fourth-order valence-electron chi connectivity index (χ4n) is 8.55. The van der Waals surface area contributed by atoms with Gasteiger partial charge in [0.2, 0.25) is 0 Å². The maximum absolute atomic E-state index is 5.79. The van der Waals surface area contributed by atoms with Crippen LogP contribution in [0.5, 0.6) is 0 Å². The van der Waals surface area contributed by atoms with Crippen molar-refractivity contribution in [1.29, 1.82) is 0 Å². The van der Waals surface area contributed by atoms with Gasteiger partial charge in [0.05, 0.1) is 11.1 Å². The first-order valence-corrected chi connectivity index (χ1v) is 18.0. The Labute approximate surface area is 325 Å². The van der Waals surface area contributed by atoms with Gasteiger partial charge in [-0.1, -0.05) is 105 Å². The van der Waals surface area contributed by atoms with Crippen molar-refractivity contribution in [3.05, 3.63) is 192 Å². The van der Waals surface area contributed by atoms with Crippen molar-refractivity contribution in [3.8, 4) is 16.9 Å². The first kappa shape index (κ1) is 33.4. The third kappa shape index (κ3) is 4.89. The van der Waals surface area contributed by atoms with Crippen LogP contribution in [0, 0.1) is 18.8 Å². The summed E-state index contributed by atoms with van der Waals surface area (Å²) < 4.78 is 2.30. The average molecular weight is 865 g/mol. The molecule has 8 aromatic rings. The summed E-state index contributed by atoms with van der Waals surface area (Å²) in [5.74, 6) is 0.886. The Morgan fingerprint density at radius 2 is 1.34 bits per heavy atom. The zero-order chi connectivity index (χ0) is 35.2. The van der Waals surface area contributed by atoms with Crippen LogP contribution >= 0.6 is 0 Å². The van der Waals surface area contributed by atoms with Gasteiger partial charge in [0.25, 0.3) is 0 Å². The minimum atomic E-state index is -0.743. The molecule has 0 radical (unpaired) electrons. The zero-order valence-corrected chi connectivity index (χ0v) is 32.3. The van der Waals surface area contributed by atoms with Crippen LogP contribution in [0.4, 0.5) is 17.1 Å². The summed E-state index contributed by atoms with van der Waals surface area (Å²) in [6.45, 7) is 9.03. The van der Waals surface area contributed by atoms with E-state index in [9.17, 15) is 0 Å². The van der Waals surface area contributed by atoms with Crippen molar-refractivity contribution in [2.24, 2.45) is 0 Å². The van der Waals surface area contributed by atoms with Crippen molar-refractivity contribution in [3.63, 3.8) is 0 Å². The largest absolute Gasteiger partial charge is 0.504 e. The van der Waals surface area contributed by atoms with Crippen molar-refractivity contribution >= 4 is 38.9 Å². The quantitative estimate of drug-likeness (QED) is 0.165. The molecule has 262 valence electrons. The second-order valence-electron chi connectivity index (χ2n) is 15.0. The Hall–Kier alpha value is -5.44. The molecule has 5 heteroatoms. The van der Waals surface area contributed by atoms with E-state index in [0.29, 0.717) is 0 Å². The molecule has 0 fully saturated rings.